The van der Waals surface area contributed by atoms with Crippen LogP contribution in [0.3, 0.4) is 0 Å². The normalized spacial score (nSPS) is 11.1. The first-order chi connectivity index (χ1) is 11.9. The Bertz CT molecular complexity index is 762. The smallest absolute Gasteiger partial charge is 0.319 e. The SMILES string of the molecule is CC(=O)Nc1cccc(NC(=O)C(C)NC(=O)Nc2ccccc2)c1. The molecule has 130 valence electrons. The fraction of sp³-hybridized carbons (Fsp3) is 0.167. The average Bonchev–Trinajstić information content (AvgIpc) is 2.55. The van der Waals surface area contributed by atoms with Crippen LogP contribution < -0.4 is 21.3 Å². The van der Waals surface area contributed by atoms with E-state index in [9.17, 15) is 14.4 Å². The van der Waals surface area contributed by atoms with E-state index in [0.717, 1.165) is 0 Å². The zero-order valence-electron chi connectivity index (χ0n) is 14.0. The van der Waals surface area contributed by atoms with Crippen LogP contribution in [0.2, 0.25) is 0 Å². The first-order valence-electron chi connectivity index (χ1n) is 7.75. The van der Waals surface area contributed by atoms with Crippen LogP contribution >= 0.6 is 0 Å². The second-order valence-electron chi connectivity index (χ2n) is 5.44. The summed E-state index contributed by atoms with van der Waals surface area (Å²) in [5.74, 6) is -0.570. The minimum atomic E-state index is -0.742. The third-order valence-electron chi connectivity index (χ3n) is 3.22. The summed E-state index contributed by atoms with van der Waals surface area (Å²) in [5.41, 5.74) is 1.73. The Morgan fingerprint density at radius 3 is 2.04 bits per heavy atom. The van der Waals surface area contributed by atoms with Crippen molar-refractivity contribution in [1.82, 2.24) is 5.32 Å². The summed E-state index contributed by atoms with van der Waals surface area (Å²) in [5, 5.41) is 10.5. The van der Waals surface area contributed by atoms with Gasteiger partial charge in [0, 0.05) is 24.0 Å². The van der Waals surface area contributed by atoms with Gasteiger partial charge in [0.1, 0.15) is 6.04 Å². The molecule has 0 fully saturated rings. The van der Waals surface area contributed by atoms with Crippen molar-refractivity contribution in [2.24, 2.45) is 0 Å². The fourth-order valence-corrected chi connectivity index (χ4v) is 2.08. The zero-order chi connectivity index (χ0) is 18.2. The number of benzene rings is 2. The molecule has 0 saturated heterocycles. The molecule has 0 heterocycles. The Kier molecular flexibility index (Phi) is 6.11. The molecule has 1 unspecified atom stereocenters. The van der Waals surface area contributed by atoms with Crippen LogP contribution in [0.25, 0.3) is 0 Å². The van der Waals surface area contributed by atoms with Crippen LogP contribution in [0.4, 0.5) is 21.9 Å². The van der Waals surface area contributed by atoms with E-state index < -0.39 is 12.1 Å². The van der Waals surface area contributed by atoms with Gasteiger partial charge in [-0.2, -0.15) is 0 Å². The Hall–Kier alpha value is -3.35. The summed E-state index contributed by atoms with van der Waals surface area (Å²) in [7, 11) is 0. The van der Waals surface area contributed by atoms with Gasteiger partial charge in [0.25, 0.3) is 0 Å². The van der Waals surface area contributed by atoms with Crippen LogP contribution in [0.15, 0.2) is 54.6 Å². The summed E-state index contributed by atoms with van der Waals surface area (Å²) in [4.78, 5) is 35.2. The van der Waals surface area contributed by atoms with E-state index in [2.05, 4.69) is 21.3 Å². The van der Waals surface area contributed by atoms with Crippen molar-refractivity contribution >= 4 is 34.9 Å². The van der Waals surface area contributed by atoms with Crippen LogP contribution in [0.1, 0.15) is 13.8 Å². The van der Waals surface area contributed by atoms with Crippen LogP contribution in [-0.4, -0.2) is 23.9 Å². The highest BCUT2D eigenvalue weighted by Crippen LogP contribution is 2.15. The second kappa shape index (κ2) is 8.49. The molecule has 2 aromatic rings. The Morgan fingerprint density at radius 2 is 1.40 bits per heavy atom. The lowest BCUT2D eigenvalue weighted by Crippen LogP contribution is -2.43. The van der Waals surface area contributed by atoms with Crippen molar-refractivity contribution in [2.45, 2.75) is 19.9 Å². The number of carbonyl (C=O) groups excluding carboxylic acids is 3. The molecular formula is C18H20N4O3. The van der Waals surface area contributed by atoms with Crippen molar-refractivity contribution in [1.29, 1.82) is 0 Å². The number of hydrogen-bond donors (Lipinski definition) is 4. The Balaban J connectivity index is 1.89. The van der Waals surface area contributed by atoms with Crippen molar-refractivity contribution < 1.29 is 14.4 Å². The molecule has 0 aliphatic carbocycles. The van der Waals surface area contributed by atoms with Crippen molar-refractivity contribution in [3.8, 4) is 0 Å². The van der Waals surface area contributed by atoms with Crippen LogP contribution in [-0.2, 0) is 9.59 Å². The maximum Gasteiger partial charge on any atom is 0.319 e. The predicted molar refractivity (Wildman–Crippen MR) is 97.4 cm³/mol. The van der Waals surface area contributed by atoms with E-state index in [-0.39, 0.29) is 11.8 Å². The summed E-state index contributed by atoms with van der Waals surface area (Å²) in [6.45, 7) is 2.99. The van der Waals surface area contributed by atoms with E-state index in [1.165, 1.54) is 6.92 Å². The van der Waals surface area contributed by atoms with Gasteiger partial charge in [-0.25, -0.2) is 4.79 Å². The van der Waals surface area contributed by atoms with E-state index >= 15 is 0 Å². The lowest BCUT2D eigenvalue weighted by atomic mass is 10.2. The van der Waals surface area contributed by atoms with E-state index in [1.54, 1.807) is 55.5 Å². The quantitative estimate of drug-likeness (QED) is 0.673. The van der Waals surface area contributed by atoms with Crippen LogP contribution in [0, 0.1) is 0 Å². The summed E-state index contributed by atoms with van der Waals surface area (Å²) in [6, 6.07) is 14.5. The number of urea groups is 1. The van der Waals surface area contributed by atoms with Crippen LogP contribution in [0.5, 0.6) is 0 Å². The molecule has 0 saturated carbocycles. The standard InChI is InChI=1S/C18H20N4O3/c1-12(19-18(25)22-14-7-4-3-5-8-14)17(24)21-16-10-6-9-15(11-16)20-13(2)23/h3-12H,1-2H3,(H,20,23)(H,21,24)(H2,19,22,25). The van der Waals surface area contributed by atoms with Crippen molar-refractivity contribution in [3.63, 3.8) is 0 Å². The molecule has 2 aromatic carbocycles. The maximum absolute atomic E-state index is 12.2. The average molecular weight is 340 g/mol. The molecule has 0 bridgehead atoms. The lowest BCUT2D eigenvalue weighted by molar-refractivity contribution is -0.117. The van der Waals surface area contributed by atoms with E-state index in [1.807, 2.05) is 6.07 Å². The maximum atomic E-state index is 12.2. The van der Waals surface area contributed by atoms with E-state index in [0.29, 0.717) is 17.1 Å². The number of amides is 4. The molecule has 7 heteroatoms. The predicted octanol–water partition coefficient (Wildman–Crippen LogP) is 2.79. The molecule has 1 atom stereocenters. The zero-order valence-corrected chi connectivity index (χ0v) is 14.0. The third-order valence-corrected chi connectivity index (χ3v) is 3.22. The topological polar surface area (TPSA) is 99.3 Å². The van der Waals surface area contributed by atoms with Crippen molar-refractivity contribution in [2.75, 3.05) is 16.0 Å². The van der Waals surface area contributed by atoms with Gasteiger partial charge in [-0.3, -0.25) is 9.59 Å². The molecule has 0 aromatic heterocycles. The number of hydrogen-bond acceptors (Lipinski definition) is 3. The number of anilines is 3. The molecular weight excluding hydrogens is 320 g/mol. The van der Waals surface area contributed by atoms with Gasteiger partial charge in [0.2, 0.25) is 11.8 Å². The lowest BCUT2D eigenvalue weighted by Gasteiger charge is -2.15. The molecule has 0 aliphatic rings. The highest BCUT2D eigenvalue weighted by Gasteiger charge is 2.16. The first kappa shape index (κ1) is 18.0. The number of rotatable bonds is 5. The molecule has 2 rings (SSSR count). The fourth-order valence-electron chi connectivity index (χ4n) is 2.08. The third kappa shape index (κ3) is 5.98. The monoisotopic (exact) mass is 340 g/mol. The Labute approximate surface area is 145 Å². The van der Waals surface area contributed by atoms with Gasteiger partial charge in [-0.1, -0.05) is 24.3 Å². The summed E-state index contributed by atoms with van der Waals surface area (Å²) in [6.07, 6.45) is 0. The molecule has 0 radical (unpaired) electrons. The molecule has 25 heavy (non-hydrogen) atoms. The molecule has 0 spiro atoms. The highest BCUT2D eigenvalue weighted by atomic mass is 16.2. The van der Waals surface area contributed by atoms with Gasteiger partial charge < -0.3 is 21.3 Å². The van der Waals surface area contributed by atoms with Gasteiger partial charge in [-0.05, 0) is 37.3 Å². The molecule has 4 amide bonds. The molecule has 0 aliphatic heterocycles. The number of nitrogens with one attached hydrogen (secondary N) is 4. The second-order valence-corrected chi connectivity index (χ2v) is 5.44. The molecule has 7 nitrogen and oxygen atoms in total. The number of para-hydroxylation sites is 1. The molecule has 4 N–H and O–H groups in total. The Morgan fingerprint density at radius 1 is 0.800 bits per heavy atom. The minimum absolute atomic E-state index is 0.198. The highest BCUT2D eigenvalue weighted by molar-refractivity contribution is 5.99. The number of carbonyl (C=O) groups is 3. The summed E-state index contributed by atoms with van der Waals surface area (Å²) < 4.78 is 0. The largest absolute Gasteiger partial charge is 0.326 e. The first-order valence-corrected chi connectivity index (χ1v) is 7.75. The summed E-state index contributed by atoms with van der Waals surface area (Å²) >= 11 is 0. The van der Waals surface area contributed by atoms with Gasteiger partial charge >= 0.3 is 6.03 Å². The van der Waals surface area contributed by atoms with Crippen molar-refractivity contribution in [3.05, 3.63) is 54.6 Å². The van der Waals surface area contributed by atoms with Gasteiger partial charge in [0.15, 0.2) is 0 Å². The van der Waals surface area contributed by atoms with Gasteiger partial charge in [-0.15, -0.1) is 0 Å². The minimum Gasteiger partial charge on any atom is -0.326 e. The van der Waals surface area contributed by atoms with Gasteiger partial charge in [0.05, 0.1) is 0 Å². The van der Waals surface area contributed by atoms with E-state index in [4.69, 9.17) is 0 Å².